The molecule has 0 spiro atoms. The van der Waals surface area contributed by atoms with Gasteiger partial charge in [0.2, 0.25) is 0 Å². The molecule has 4 rings (SSSR count). The molecule has 0 unspecified atom stereocenters. The van der Waals surface area contributed by atoms with E-state index < -0.39 is 0 Å². The average Bonchev–Trinajstić information content (AvgIpc) is 2.83. The highest BCUT2D eigenvalue weighted by atomic mass is 16.5. The fourth-order valence-corrected chi connectivity index (χ4v) is 8.29. The van der Waals surface area contributed by atoms with Crippen LogP contribution in [0, 0.1) is 39.9 Å². The zero-order valence-electron chi connectivity index (χ0n) is 18.6. The standard InChI is InChI=1S/C25H38O3/c1-15-13-22-20-8-7-18-14-19(28-17(3)27)9-11-23(18,4)21(20)10-12-24(22,5)25(15,6)16(2)26/h7,15,19-22H,8-14H2,1-6H3/t15-,19-,20+,21+,22-,23+,24+,25-/m1/s1. The van der Waals surface area contributed by atoms with E-state index in [4.69, 9.17) is 4.74 Å². The summed E-state index contributed by atoms with van der Waals surface area (Å²) in [6, 6.07) is 0. The van der Waals surface area contributed by atoms with Gasteiger partial charge in [-0.05, 0) is 80.0 Å². The molecule has 0 saturated heterocycles. The zero-order chi connectivity index (χ0) is 20.5. The number of hydrogen-bond acceptors (Lipinski definition) is 3. The first kappa shape index (κ1) is 20.2. The molecule has 0 aromatic heterocycles. The maximum Gasteiger partial charge on any atom is 0.302 e. The van der Waals surface area contributed by atoms with Crippen LogP contribution in [0.2, 0.25) is 0 Å². The van der Waals surface area contributed by atoms with Crippen LogP contribution < -0.4 is 0 Å². The topological polar surface area (TPSA) is 43.4 Å². The number of hydrogen-bond donors (Lipinski definition) is 0. The third kappa shape index (κ3) is 2.53. The lowest BCUT2D eigenvalue weighted by Gasteiger charge is -2.59. The number of ether oxygens (including phenoxy) is 1. The summed E-state index contributed by atoms with van der Waals surface area (Å²) in [6.07, 6.45) is 10.3. The molecular formula is C25H38O3. The summed E-state index contributed by atoms with van der Waals surface area (Å²) in [6.45, 7) is 12.8. The van der Waals surface area contributed by atoms with Crippen molar-refractivity contribution < 1.29 is 14.3 Å². The van der Waals surface area contributed by atoms with Gasteiger partial charge in [0.05, 0.1) is 0 Å². The van der Waals surface area contributed by atoms with Gasteiger partial charge >= 0.3 is 5.97 Å². The molecular weight excluding hydrogens is 348 g/mol. The first-order valence-electron chi connectivity index (χ1n) is 11.4. The molecule has 0 bridgehead atoms. The Morgan fingerprint density at radius 1 is 1.07 bits per heavy atom. The fraction of sp³-hybridized carbons (Fsp3) is 0.840. The van der Waals surface area contributed by atoms with Gasteiger partial charge in [0.1, 0.15) is 11.9 Å². The van der Waals surface area contributed by atoms with Crippen LogP contribution >= 0.6 is 0 Å². The van der Waals surface area contributed by atoms with E-state index in [9.17, 15) is 9.59 Å². The van der Waals surface area contributed by atoms with Crippen LogP contribution in [-0.2, 0) is 14.3 Å². The molecule has 0 heterocycles. The summed E-state index contributed by atoms with van der Waals surface area (Å²) in [5, 5.41) is 0. The summed E-state index contributed by atoms with van der Waals surface area (Å²) in [4.78, 5) is 24.2. The Morgan fingerprint density at radius 2 is 1.79 bits per heavy atom. The van der Waals surface area contributed by atoms with Gasteiger partial charge in [-0.1, -0.05) is 39.3 Å². The Bertz CT molecular complexity index is 723. The molecule has 8 atom stereocenters. The van der Waals surface area contributed by atoms with Crippen molar-refractivity contribution in [3.8, 4) is 0 Å². The van der Waals surface area contributed by atoms with Crippen molar-refractivity contribution in [2.45, 2.75) is 92.6 Å². The van der Waals surface area contributed by atoms with Crippen molar-refractivity contribution in [3.05, 3.63) is 11.6 Å². The van der Waals surface area contributed by atoms with E-state index in [0.717, 1.165) is 25.7 Å². The van der Waals surface area contributed by atoms with Gasteiger partial charge in [-0.2, -0.15) is 0 Å². The number of allylic oxidation sites excluding steroid dienone is 1. The summed E-state index contributed by atoms with van der Waals surface area (Å²) >= 11 is 0. The van der Waals surface area contributed by atoms with Gasteiger partial charge in [0.25, 0.3) is 0 Å². The average molecular weight is 387 g/mol. The second-order valence-corrected chi connectivity index (χ2v) is 11.1. The SMILES string of the molecule is CC(=O)O[C@@H]1CC[C@@]2(C)C(=CC[C@@H]3[C@H]4C[C@@H](C)[C@](C)(C(C)=O)[C@@]4(C)CC[C@@H]32)C1. The van der Waals surface area contributed by atoms with Gasteiger partial charge in [-0.3, -0.25) is 9.59 Å². The Kier molecular flexibility index (Phi) is 4.64. The maximum absolute atomic E-state index is 12.8. The third-order valence-electron chi connectivity index (χ3n) is 10.3. The van der Waals surface area contributed by atoms with E-state index in [0.29, 0.717) is 29.5 Å². The molecule has 4 aliphatic carbocycles. The quantitative estimate of drug-likeness (QED) is 0.450. The minimum Gasteiger partial charge on any atom is -0.462 e. The van der Waals surface area contributed by atoms with Crippen molar-refractivity contribution >= 4 is 11.8 Å². The second kappa shape index (κ2) is 6.44. The van der Waals surface area contributed by atoms with Crippen molar-refractivity contribution in [2.24, 2.45) is 39.9 Å². The highest BCUT2D eigenvalue weighted by Gasteiger charge is 2.66. The molecule has 3 saturated carbocycles. The largest absolute Gasteiger partial charge is 0.462 e. The van der Waals surface area contributed by atoms with Crippen LogP contribution in [-0.4, -0.2) is 17.9 Å². The Labute approximate surface area is 170 Å². The molecule has 0 N–H and O–H groups in total. The molecule has 156 valence electrons. The van der Waals surface area contributed by atoms with Crippen molar-refractivity contribution in [2.75, 3.05) is 0 Å². The van der Waals surface area contributed by atoms with Gasteiger partial charge in [-0.15, -0.1) is 0 Å². The normalized spacial score (nSPS) is 50.1. The number of esters is 1. The predicted octanol–water partition coefficient (Wildman–Crippen LogP) is 5.72. The van der Waals surface area contributed by atoms with E-state index in [1.54, 1.807) is 0 Å². The molecule has 0 aliphatic heterocycles. The fourth-order valence-electron chi connectivity index (χ4n) is 8.29. The van der Waals surface area contributed by atoms with Crippen molar-refractivity contribution in [1.82, 2.24) is 0 Å². The molecule has 3 fully saturated rings. The molecule has 3 nitrogen and oxygen atoms in total. The van der Waals surface area contributed by atoms with Crippen LogP contribution in [0.1, 0.15) is 86.5 Å². The summed E-state index contributed by atoms with van der Waals surface area (Å²) < 4.78 is 5.56. The van der Waals surface area contributed by atoms with Gasteiger partial charge in [-0.25, -0.2) is 0 Å². The second-order valence-electron chi connectivity index (χ2n) is 11.1. The van der Waals surface area contributed by atoms with Gasteiger partial charge in [0.15, 0.2) is 0 Å². The zero-order valence-corrected chi connectivity index (χ0v) is 18.6. The molecule has 0 aromatic rings. The monoisotopic (exact) mass is 386 g/mol. The van der Waals surface area contributed by atoms with Crippen LogP contribution in [0.4, 0.5) is 0 Å². The number of carbonyl (C=O) groups is 2. The Hall–Kier alpha value is -1.12. The first-order chi connectivity index (χ1) is 13.0. The molecule has 0 amide bonds. The van der Waals surface area contributed by atoms with E-state index in [1.807, 2.05) is 6.92 Å². The predicted molar refractivity (Wildman–Crippen MR) is 111 cm³/mol. The Balaban J connectivity index is 1.64. The van der Waals surface area contributed by atoms with Crippen molar-refractivity contribution in [3.63, 3.8) is 0 Å². The lowest BCUT2D eigenvalue weighted by Crippen LogP contribution is -2.53. The van der Waals surface area contributed by atoms with Gasteiger partial charge in [0, 0.05) is 18.8 Å². The van der Waals surface area contributed by atoms with E-state index in [1.165, 1.54) is 31.8 Å². The number of carbonyl (C=O) groups excluding carboxylic acids is 2. The smallest absolute Gasteiger partial charge is 0.302 e. The molecule has 0 aromatic carbocycles. The van der Waals surface area contributed by atoms with Crippen LogP contribution in [0.15, 0.2) is 11.6 Å². The van der Waals surface area contributed by atoms with Gasteiger partial charge < -0.3 is 4.74 Å². The van der Waals surface area contributed by atoms with Crippen LogP contribution in [0.25, 0.3) is 0 Å². The van der Waals surface area contributed by atoms with E-state index in [-0.39, 0.29) is 28.3 Å². The lowest BCUT2D eigenvalue weighted by molar-refractivity contribution is -0.150. The van der Waals surface area contributed by atoms with E-state index >= 15 is 0 Å². The van der Waals surface area contributed by atoms with Crippen LogP contribution in [0.3, 0.4) is 0 Å². The number of ketones is 1. The maximum atomic E-state index is 12.8. The van der Waals surface area contributed by atoms with E-state index in [2.05, 4.69) is 33.8 Å². The number of fused-ring (bicyclic) bond motifs is 5. The number of rotatable bonds is 2. The highest BCUT2D eigenvalue weighted by Crippen LogP contribution is 2.71. The first-order valence-corrected chi connectivity index (χ1v) is 11.4. The van der Waals surface area contributed by atoms with Crippen LogP contribution in [0.5, 0.6) is 0 Å². The minimum absolute atomic E-state index is 0.0646. The minimum atomic E-state index is -0.180. The molecule has 28 heavy (non-hydrogen) atoms. The number of Topliss-reactive ketones (excluding diaryl/α,β-unsaturated/α-hetero) is 1. The summed E-state index contributed by atoms with van der Waals surface area (Å²) in [7, 11) is 0. The molecule has 4 aliphatic rings. The lowest BCUT2D eigenvalue weighted by atomic mass is 9.45. The summed E-state index contributed by atoms with van der Waals surface area (Å²) in [5.74, 6) is 2.77. The van der Waals surface area contributed by atoms with Crippen molar-refractivity contribution in [1.29, 1.82) is 0 Å². The Morgan fingerprint density at radius 3 is 2.43 bits per heavy atom. The summed E-state index contributed by atoms with van der Waals surface area (Å²) in [5.41, 5.74) is 1.74. The highest BCUT2D eigenvalue weighted by molar-refractivity contribution is 5.83. The third-order valence-corrected chi connectivity index (χ3v) is 10.3. The molecule has 3 heteroatoms. The molecule has 0 radical (unpaired) electrons.